The molecule has 0 bridgehead atoms. The Hall–Kier alpha value is -0.337. The molecule has 0 aliphatic heterocycles. The molecular formula is C5H5NO5S2Zn. The molecule has 6 nitrogen and oxygen atoms in total. The summed E-state index contributed by atoms with van der Waals surface area (Å²) in [6, 6.07) is 5.13. The SMILES string of the molecule is O=S(=O)([O-])[O-].On1ccccc1=S.[Zn+2]. The van der Waals surface area contributed by atoms with Gasteiger partial charge in [-0.1, -0.05) is 18.3 Å². The standard InChI is InChI=1S/C5H5NOS.H2O4S.Zn/c7-6-4-2-1-3-5(6)8;1-5(2,3)4;/h1-4,7H;(H2,1,2,3,4);/q;;+2/p-2. The predicted molar refractivity (Wildman–Crippen MR) is 42.9 cm³/mol. The van der Waals surface area contributed by atoms with Crippen LogP contribution in [0.5, 0.6) is 0 Å². The minimum Gasteiger partial charge on any atom is -0.759 e. The Kier molecular flexibility index (Phi) is 8.08. The van der Waals surface area contributed by atoms with Crippen LogP contribution in [-0.4, -0.2) is 27.5 Å². The molecule has 1 aromatic rings. The minimum absolute atomic E-state index is 0. The fourth-order valence-corrected chi connectivity index (χ4v) is 0.558. The quantitative estimate of drug-likeness (QED) is 0.239. The van der Waals surface area contributed by atoms with Gasteiger partial charge in [-0.2, -0.15) is 4.73 Å². The normalized spacial score (nSPS) is 9.29. The van der Waals surface area contributed by atoms with Crippen LogP contribution < -0.4 is 0 Å². The second-order valence-corrected chi connectivity index (χ2v) is 3.03. The van der Waals surface area contributed by atoms with Gasteiger partial charge < -0.3 is 14.3 Å². The van der Waals surface area contributed by atoms with Crippen molar-refractivity contribution in [1.29, 1.82) is 0 Å². The molecule has 14 heavy (non-hydrogen) atoms. The Balaban J connectivity index is 0. The second kappa shape index (κ2) is 7.02. The average Bonchev–Trinajstić information content (AvgIpc) is 1.92. The molecule has 0 atom stereocenters. The third kappa shape index (κ3) is 11.7. The zero-order chi connectivity index (χ0) is 10.5. The van der Waals surface area contributed by atoms with Gasteiger partial charge in [0, 0.05) is 16.6 Å². The van der Waals surface area contributed by atoms with Crippen LogP contribution in [0.1, 0.15) is 0 Å². The van der Waals surface area contributed by atoms with Crippen molar-refractivity contribution < 1.29 is 42.2 Å². The molecule has 1 N–H and O–H groups in total. The first-order chi connectivity index (χ1) is 5.80. The minimum atomic E-state index is -5.17. The first-order valence-corrected chi connectivity index (χ1v) is 4.58. The molecule has 0 aromatic carbocycles. The van der Waals surface area contributed by atoms with Crippen LogP contribution in [0.3, 0.4) is 0 Å². The van der Waals surface area contributed by atoms with Crippen molar-refractivity contribution in [1.82, 2.24) is 4.73 Å². The van der Waals surface area contributed by atoms with Gasteiger partial charge >= 0.3 is 19.5 Å². The first-order valence-electron chi connectivity index (χ1n) is 2.84. The zero-order valence-electron chi connectivity index (χ0n) is 6.86. The largest absolute Gasteiger partial charge is 2.00 e. The van der Waals surface area contributed by atoms with Gasteiger partial charge in [-0.3, -0.25) is 8.42 Å². The Labute approximate surface area is 98.5 Å². The van der Waals surface area contributed by atoms with E-state index in [4.69, 9.17) is 22.7 Å². The first kappa shape index (κ1) is 16.1. The molecule has 0 radical (unpaired) electrons. The Bertz CT molecular complexity index is 406. The molecular weight excluding hydrogens is 284 g/mol. The van der Waals surface area contributed by atoms with E-state index in [0.29, 0.717) is 4.64 Å². The maximum Gasteiger partial charge on any atom is 2.00 e. The van der Waals surface area contributed by atoms with E-state index in [0.717, 1.165) is 4.73 Å². The van der Waals surface area contributed by atoms with Crippen LogP contribution >= 0.6 is 12.2 Å². The van der Waals surface area contributed by atoms with Crippen molar-refractivity contribution in [2.24, 2.45) is 0 Å². The van der Waals surface area contributed by atoms with E-state index >= 15 is 0 Å². The van der Waals surface area contributed by atoms with Crippen LogP contribution in [0, 0.1) is 4.64 Å². The van der Waals surface area contributed by atoms with Gasteiger partial charge in [0.25, 0.3) is 0 Å². The number of hydrogen-bond acceptors (Lipinski definition) is 6. The van der Waals surface area contributed by atoms with E-state index in [1.165, 1.54) is 6.20 Å². The Morgan fingerprint density at radius 1 is 1.36 bits per heavy atom. The molecule has 0 spiro atoms. The third-order valence-corrected chi connectivity index (χ3v) is 1.13. The summed E-state index contributed by atoms with van der Waals surface area (Å²) >= 11 is 4.67. The van der Waals surface area contributed by atoms with Crippen molar-refractivity contribution in [3.8, 4) is 0 Å². The summed E-state index contributed by atoms with van der Waals surface area (Å²) in [5, 5.41) is 8.73. The summed E-state index contributed by atoms with van der Waals surface area (Å²) in [5.74, 6) is 0. The number of aromatic nitrogens is 1. The van der Waals surface area contributed by atoms with E-state index in [-0.39, 0.29) is 19.5 Å². The Morgan fingerprint density at radius 3 is 2.00 bits per heavy atom. The van der Waals surface area contributed by atoms with Crippen molar-refractivity contribution in [3.05, 3.63) is 29.0 Å². The van der Waals surface area contributed by atoms with E-state index in [9.17, 15) is 0 Å². The molecule has 0 fully saturated rings. The average molecular weight is 289 g/mol. The van der Waals surface area contributed by atoms with Gasteiger partial charge in [0.15, 0.2) is 0 Å². The van der Waals surface area contributed by atoms with Gasteiger partial charge in [-0.25, -0.2) is 0 Å². The molecule has 0 aliphatic carbocycles. The maximum absolute atomic E-state index is 8.73. The van der Waals surface area contributed by atoms with Gasteiger partial charge in [0.2, 0.25) is 0 Å². The Morgan fingerprint density at radius 2 is 1.79 bits per heavy atom. The van der Waals surface area contributed by atoms with Crippen molar-refractivity contribution >= 4 is 22.6 Å². The van der Waals surface area contributed by atoms with Gasteiger partial charge in [-0.15, -0.1) is 0 Å². The van der Waals surface area contributed by atoms with Crippen LogP contribution in [0.4, 0.5) is 0 Å². The number of nitrogens with zero attached hydrogens (tertiary/aromatic N) is 1. The third-order valence-electron chi connectivity index (χ3n) is 0.803. The fraction of sp³-hybridized carbons (Fsp3) is 0. The maximum atomic E-state index is 8.73. The van der Waals surface area contributed by atoms with Crippen molar-refractivity contribution in [2.75, 3.05) is 0 Å². The number of pyridine rings is 1. The molecule has 0 unspecified atom stereocenters. The van der Waals surface area contributed by atoms with E-state index < -0.39 is 10.4 Å². The van der Waals surface area contributed by atoms with Gasteiger partial charge in [-0.05, 0) is 12.1 Å². The topological polar surface area (TPSA) is 105 Å². The molecule has 1 rings (SSSR count). The molecule has 74 valence electrons. The van der Waals surface area contributed by atoms with Gasteiger partial charge in [0.1, 0.15) is 4.64 Å². The number of rotatable bonds is 0. The van der Waals surface area contributed by atoms with Crippen molar-refractivity contribution in [3.63, 3.8) is 0 Å². The van der Waals surface area contributed by atoms with E-state index in [1.54, 1.807) is 18.2 Å². The van der Waals surface area contributed by atoms with E-state index in [1.807, 2.05) is 0 Å². The molecule has 9 heteroatoms. The van der Waals surface area contributed by atoms with Crippen LogP contribution in [0.15, 0.2) is 24.4 Å². The van der Waals surface area contributed by atoms with Gasteiger partial charge in [0.05, 0.1) is 0 Å². The molecule has 0 amide bonds. The summed E-state index contributed by atoms with van der Waals surface area (Å²) in [6.07, 6.45) is 1.49. The van der Waals surface area contributed by atoms with Crippen molar-refractivity contribution in [2.45, 2.75) is 0 Å². The van der Waals surface area contributed by atoms with Crippen LogP contribution in [0.2, 0.25) is 0 Å². The smallest absolute Gasteiger partial charge is 0.759 e. The predicted octanol–water partition coefficient (Wildman–Crippen LogP) is 0.114. The van der Waals surface area contributed by atoms with Crippen LogP contribution in [0.25, 0.3) is 0 Å². The monoisotopic (exact) mass is 287 g/mol. The molecule has 0 saturated carbocycles. The zero-order valence-corrected chi connectivity index (χ0v) is 11.5. The summed E-state index contributed by atoms with van der Waals surface area (Å²) < 4.78 is 35.4. The molecule has 0 saturated heterocycles. The van der Waals surface area contributed by atoms with Crippen LogP contribution in [-0.2, 0) is 29.9 Å². The molecule has 1 heterocycles. The number of hydrogen-bond donors (Lipinski definition) is 1. The molecule has 0 aliphatic rings. The van der Waals surface area contributed by atoms with E-state index in [2.05, 4.69) is 12.2 Å². The summed E-state index contributed by atoms with van der Waals surface area (Å²) in [5.41, 5.74) is 0. The fourth-order valence-electron chi connectivity index (χ4n) is 0.419. The summed E-state index contributed by atoms with van der Waals surface area (Å²) in [4.78, 5) is 0. The molecule has 1 aromatic heterocycles. The summed E-state index contributed by atoms with van der Waals surface area (Å²) in [7, 11) is -5.17. The summed E-state index contributed by atoms with van der Waals surface area (Å²) in [6.45, 7) is 0. The second-order valence-electron chi connectivity index (χ2n) is 1.79.